The molecule has 0 radical (unpaired) electrons. The highest BCUT2D eigenvalue weighted by atomic mass is 32.2. The van der Waals surface area contributed by atoms with Crippen LogP contribution in [0, 0.1) is 5.82 Å². The number of carbonyl (C=O) groups is 1. The van der Waals surface area contributed by atoms with Crippen molar-refractivity contribution in [1.82, 2.24) is 15.1 Å². The molecule has 1 atom stereocenters. The summed E-state index contributed by atoms with van der Waals surface area (Å²) in [5.74, 6) is 2.35. The first-order valence-electron chi connectivity index (χ1n) is 8.79. The number of hydrogen-bond donors (Lipinski definition) is 1. The number of nitrogens with one attached hydrogen (secondary N) is 1. The molecule has 138 valence electrons. The average molecular weight is 367 g/mol. The van der Waals surface area contributed by atoms with Crippen LogP contribution >= 0.6 is 11.8 Å². The molecule has 3 rings (SSSR count). The molecule has 0 aliphatic carbocycles. The third kappa shape index (κ3) is 5.09. The van der Waals surface area contributed by atoms with Gasteiger partial charge in [0.15, 0.2) is 11.6 Å². The maximum Gasteiger partial charge on any atom is 0.224 e. The number of amides is 1. The van der Waals surface area contributed by atoms with Crippen LogP contribution in [0.4, 0.5) is 4.39 Å². The number of thioether (sulfide) groups is 1. The van der Waals surface area contributed by atoms with Crippen LogP contribution in [0.2, 0.25) is 0 Å². The number of piperazine rings is 1. The highest BCUT2D eigenvalue weighted by molar-refractivity contribution is 7.99. The van der Waals surface area contributed by atoms with E-state index in [0.29, 0.717) is 19.0 Å². The number of ether oxygens (including phenoxy) is 1. The number of carbonyl (C=O) groups excluding carboxylic acids is 1. The molecule has 2 fully saturated rings. The Morgan fingerprint density at radius 1 is 1.36 bits per heavy atom. The molecule has 2 heterocycles. The maximum atomic E-state index is 13.8. The SMILES string of the molecule is COc1ccc(CN2CCN(C(=O)CC3CSCCN3)CC2)cc1F. The van der Waals surface area contributed by atoms with E-state index in [1.807, 2.05) is 22.7 Å². The van der Waals surface area contributed by atoms with Gasteiger partial charge in [0.25, 0.3) is 0 Å². The molecule has 0 aromatic heterocycles. The van der Waals surface area contributed by atoms with E-state index >= 15 is 0 Å². The normalized spacial score (nSPS) is 22.0. The van der Waals surface area contributed by atoms with Crippen LogP contribution in [0.1, 0.15) is 12.0 Å². The fourth-order valence-corrected chi connectivity index (χ4v) is 4.26. The van der Waals surface area contributed by atoms with Crippen molar-refractivity contribution in [3.8, 4) is 5.75 Å². The molecule has 2 saturated heterocycles. The van der Waals surface area contributed by atoms with E-state index in [0.717, 1.165) is 49.8 Å². The quantitative estimate of drug-likeness (QED) is 0.856. The van der Waals surface area contributed by atoms with E-state index in [9.17, 15) is 9.18 Å². The van der Waals surface area contributed by atoms with E-state index < -0.39 is 0 Å². The lowest BCUT2D eigenvalue weighted by molar-refractivity contribution is -0.133. The van der Waals surface area contributed by atoms with E-state index in [1.165, 1.54) is 13.2 Å². The summed E-state index contributed by atoms with van der Waals surface area (Å²) in [6, 6.07) is 5.40. The van der Waals surface area contributed by atoms with Crippen molar-refractivity contribution in [2.75, 3.05) is 51.3 Å². The van der Waals surface area contributed by atoms with Crippen LogP contribution in [-0.2, 0) is 11.3 Å². The Hall–Kier alpha value is -1.31. The zero-order valence-electron chi connectivity index (χ0n) is 14.7. The van der Waals surface area contributed by atoms with Gasteiger partial charge in [0.05, 0.1) is 7.11 Å². The van der Waals surface area contributed by atoms with Crippen molar-refractivity contribution in [2.45, 2.75) is 19.0 Å². The molecule has 2 aliphatic heterocycles. The molecule has 0 bridgehead atoms. The van der Waals surface area contributed by atoms with Crippen LogP contribution in [-0.4, -0.2) is 73.1 Å². The van der Waals surface area contributed by atoms with Gasteiger partial charge in [-0.15, -0.1) is 0 Å². The highest BCUT2D eigenvalue weighted by Crippen LogP contribution is 2.19. The molecular weight excluding hydrogens is 341 g/mol. The minimum absolute atomic E-state index is 0.246. The summed E-state index contributed by atoms with van der Waals surface area (Å²) in [5.41, 5.74) is 0.932. The van der Waals surface area contributed by atoms with Crippen molar-refractivity contribution < 1.29 is 13.9 Å². The predicted molar refractivity (Wildman–Crippen MR) is 98.5 cm³/mol. The monoisotopic (exact) mass is 367 g/mol. The lowest BCUT2D eigenvalue weighted by Gasteiger charge is -2.35. The Morgan fingerprint density at radius 3 is 2.80 bits per heavy atom. The molecule has 5 nitrogen and oxygen atoms in total. The lowest BCUT2D eigenvalue weighted by Crippen LogP contribution is -2.50. The molecule has 7 heteroatoms. The Labute approximate surface area is 152 Å². The van der Waals surface area contributed by atoms with Gasteiger partial charge in [-0.3, -0.25) is 9.69 Å². The Kier molecular flexibility index (Phi) is 6.56. The van der Waals surface area contributed by atoms with Crippen molar-refractivity contribution in [3.63, 3.8) is 0 Å². The Morgan fingerprint density at radius 2 is 2.16 bits per heavy atom. The van der Waals surface area contributed by atoms with Crippen LogP contribution in [0.3, 0.4) is 0 Å². The summed E-state index contributed by atoms with van der Waals surface area (Å²) in [7, 11) is 1.47. The second-order valence-electron chi connectivity index (χ2n) is 6.56. The summed E-state index contributed by atoms with van der Waals surface area (Å²) in [6.07, 6.45) is 0.594. The highest BCUT2D eigenvalue weighted by Gasteiger charge is 2.24. The van der Waals surface area contributed by atoms with Crippen LogP contribution < -0.4 is 10.1 Å². The van der Waals surface area contributed by atoms with Crippen LogP contribution in [0.25, 0.3) is 0 Å². The number of rotatable bonds is 5. The van der Waals surface area contributed by atoms with Crippen molar-refractivity contribution in [1.29, 1.82) is 0 Å². The second-order valence-corrected chi connectivity index (χ2v) is 7.71. The van der Waals surface area contributed by atoms with Gasteiger partial charge in [-0.2, -0.15) is 11.8 Å². The fraction of sp³-hybridized carbons (Fsp3) is 0.611. The Bertz CT molecular complexity index is 588. The molecule has 2 aliphatic rings. The van der Waals surface area contributed by atoms with E-state index in [-0.39, 0.29) is 17.5 Å². The molecule has 1 aromatic carbocycles. The summed E-state index contributed by atoms with van der Waals surface area (Å²) in [5, 5.41) is 3.42. The maximum absolute atomic E-state index is 13.8. The second kappa shape index (κ2) is 8.87. The topological polar surface area (TPSA) is 44.8 Å². The number of halogens is 1. The zero-order valence-corrected chi connectivity index (χ0v) is 15.5. The molecular formula is C18H26FN3O2S. The molecule has 1 amide bonds. The standard InChI is InChI=1S/C18H26FN3O2S/c1-24-17-3-2-14(10-16(17)19)12-21-5-7-22(8-6-21)18(23)11-15-13-25-9-4-20-15/h2-3,10,15,20H,4-9,11-13H2,1H3. The van der Waals surface area contributed by atoms with Crippen molar-refractivity contribution >= 4 is 17.7 Å². The van der Waals surface area contributed by atoms with E-state index in [2.05, 4.69) is 10.2 Å². The molecule has 1 unspecified atom stereocenters. The molecule has 1 N–H and O–H groups in total. The van der Waals surface area contributed by atoms with E-state index in [1.54, 1.807) is 6.07 Å². The summed E-state index contributed by atoms with van der Waals surface area (Å²) in [6.45, 7) is 4.84. The summed E-state index contributed by atoms with van der Waals surface area (Å²) in [4.78, 5) is 16.7. The largest absolute Gasteiger partial charge is 0.494 e. The molecule has 0 saturated carbocycles. The van der Waals surface area contributed by atoms with Gasteiger partial charge in [0.1, 0.15) is 0 Å². The number of nitrogens with zero attached hydrogens (tertiary/aromatic N) is 2. The van der Waals surface area contributed by atoms with Crippen LogP contribution in [0.5, 0.6) is 5.75 Å². The lowest BCUT2D eigenvalue weighted by atomic mass is 10.1. The van der Waals surface area contributed by atoms with Gasteiger partial charge in [-0.25, -0.2) is 4.39 Å². The minimum atomic E-state index is -0.327. The Balaban J connectivity index is 1.45. The smallest absolute Gasteiger partial charge is 0.224 e. The summed E-state index contributed by atoms with van der Waals surface area (Å²) < 4.78 is 18.7. The van der Waals surface area contributed by atoms with Gasteiger partial charge in [-0.1, -0.05) is 6.07 Å². The van der Waals surface area contributed by atoms with Crippen molar-refractivity contribution in [3.05, 3.63) is 29.6 Å². The van der Waals surface area contributed by atoms with Crippen LogP contribution in [0.15, 0.2) is 18.2 Å². The minimum Gasteiger partial charge on any atom is -0.494 e. The van der Waals surface area contributed by atoms with Crippen molar-refractivity contribution in [2.24, 2.45) is 0 Å². The third-order valence-corrected chi connectivity index (χ3v) is 5.90. The first-order valence-corrected chi connectivity index (χ1v) is 9.95. The first kappa shape index (κ1) is 18.5. The average Bonchev–Trinajstić information content (AvgIpc) is 2.63. The van der Waals surface area contributed by atoms with Gasteiger partial charge in [0.2, 0.25) is 5.91 Å². The van der Waals surface area contributed by atoms with E-state index in [4.69, 9.17) is 4.74 Å². The zero-order chi connectivity index (χ0) is 17.6. The summed E-state index contributed by atoms with van der Waals surface area (Å²) >= 11 is 1.92. The predicted octanol–water partition coefficient (Wildman–Crippen LogP) is 1.57. The molecule has 0 spiro atoms. The molecule has 1 aromatic rings. The van der Waals surface area contributed by atoms with Gasteiger partial charge in [-0.05, 0) is 17.7 Å². The van der Waals surface area contributed by atoms with Gasteiger partial charge in [0, 0.05) is 63.2 Å². The molecule has 25 heavy (non-hydrogen) atoms. The third-order valence-electron chi connectivity index (χ3n) is 4.77. The van der Waals surface area contributed by atoms with Gasteiger partial charge >= 0.3 is 0 Å². The number of benzene rings is 1. The fourth-order valence-electron chi connectivity index (χ4n) is 3.31. The van der Waals surface area contributed by atoms with Gasteiger partial charge < -0.3 is 15.0 Å². The number of methoxy groups -OCH3 is 1. The number of hydrogen-bond acceptors (Lipinski definition) is 5. The first-order chi connectivity index (χ1) is 12.2.